The van der Waals surface area contributed by atoms with Crippen LogP contribution in [-0.2, 0) is 17.9 Å². The van der Waals surface area contributed by atoms with Crippen molar-refractivity contribution in [1.29, 1.82) is 0 Å². The summed E-state index contributed by atoms with van der Waals surface area (Å²) in [4.78, 5) is 14.8. The first-order valence-electron chi connectivity index (χ1n) is 6.62. The van der Waals surface area contributed by atoms with Crippen LogP contribution in [0.1, 0.15) is 23.9 Å². The first-order valence-corrected chi connectivity index (χ1v) is 6.62. The Hall–Kier alpha value is -2.63. The first-order chi connectivity index (χ1) is 10.1. The molecule has 0 aliphatic heterocycles. The highest BCUT2D eigenvalue weighted by atomic mass is 16.5. The molecule has 1 heterocycles. The highest BCUT2D eigenvalue weighted by Gasteiger charge is 2.08. The molecule has 0 aliphatic rings. The molecule has 1 N–H and O–H groups in total. The third kappa shape index (κ3) is 3.68. The number of carboxylic acids is 1. The fourth-order valence-corrected chi connectivity index (χ4v) is 1.97. The van der Waals surface area contributed by atoms with Gasteiger partial charge in [0.25, 0.3) is 0 Å². The third-order valence-electron chi connectivity index (χ3n) is 2.99. The van der Waals surface area contributed by atoms with Crippen molar-refractivity contribution in [3.05, 3.63) is 47.6 Å². The molecule has 0 fully saturated rings. The van der Waals surface area contributed by atoms with Crippen LogP contribution in [0.3, 0.4) is 0 Å². The van der Waals surface area contributed by atoms with Crippen LogP contribution in [0.5, 0.6) is 5.75 Å². The van der Waals surface area contributed by atoms with Gasteiger partial charge < -0.3 is 9.84 Å². The summed E-state index contributed by atoms with van der Waals surface area (Å²) in [5, 5.41) is 12.8. The molecule has 0 aliphatic carbocycles. The number of ether oxygens (including phenoxy) is 1. The average molecular weight is 287 g/mol. The molecule has 1 aromatic heterocycles. The van der Waals surface area contributed by atoms with Gasteiger partial charge in [0.1, 0.15) is 18.7 Å². The zero-order valence-electron chi connectivity index (χ0n) is 12.0. The summed E-state index contributed by atoms with van der Waals surface area (Å²) in [5.74, 6) is 0.391. The Morgan fingerprint density at radius 2 is 2.29 bits per heavy atom. The molecule has 0 saturated carbocycles. The van der Waals surface area contributed by atoms with Gasteiger partial charge in [-0.1, -0.05) is 18.2 Å². The molecular weight excluding hydrogens is 270 g/mol. The lowest BCUT2D eigenvalue weighted by Crippen LogP contribution is -2.08. The Kier molecular flexibility index (Phi) is 4.71. The molecular formula is C15H17N3O3. The predicted molar refractivity (Wildman–Crippen MR) is 77.9 cm³/mol. The van der Waals surface area contributed by atoms with Gasteiger partial charge >= 0.3 is 5.97 Å². The summed E-state index contributed by atoms with van der Waals surface area (Å²) in [6.45, 7) is 4.90. The van der Waals surface area contributed by atoms with E-state index in [-0.39, 0.29) is 6.61 Å². The van der Waals surface area contributed by atoms with E-state index in [4.69, 9.17) is 9.84 Å². The van der Waals surface area contributed by atoms with Crippen LogP contribution in [0.25, 0.3) is 6.08 Å². The summed E-state index contributed by atoms with van der Waals surface area (Å²) < 4.78 is 7.57. The highest BCUT2D eigenvalue weighted by Crippen LogP contribution is 2.25. The van der Waals surface area contributed by atoms with Crippen molar-refractivity contribution < 1.29 is 14.6 Å². The number of aliphatic carboxylic acids is 1. The SMILES string of the molecule is CCn1ncnc1COc1c(C)cccc1/C=C/C(=O)O. The lowest BCUT2D eigenvalue weighted by atomic mass is 10.1. The summed E-state index contributed by atoms with van der Waals surface area (Å²) in [6.07, 6.45) is 4.11. The zero-order valence-corrected chi connectivity index (χ0v) is 12.0. The van der Waals surface area contributed by atoms with E-state index in [9.17, 15) is 4.79 Å². The molecule has 0 saturated heterocycles. The topological polar surface area (TPSA) is 77.2 Å². The van der Waals surface area contributed by atoms with E-state index >= 15 is 0 Å². The van der Waals surface area contributed by atoms with Gasteiger partial charge in [0.05, 0.1) is 0 Å². The van der Waals surface area contributed by atoms with Gasteiger partial charge in [0.2, 0.25) is 0 Å². The number of hydrogen-bond acceptors (Lipinski definition) is 4. The van der Waals surface area contributed by atoms with Crippen molar-refractivity contribution in [2.24, 2.45) is 0 Å². The van der Waals surface area contributed by atoms with Gasteiger partial charge in [0.15, 0.2) is 5.82 Å². The Labute approximate surface area is 122 Å². The number of benzene rings is 1. The Balaban J connectivity index is 2.21. The van der Waals surface area contributed by atoms with Crippen molar-refractivity contribution in [1.82, 2.24) is 14.8 Å². The number of nitrogens with zero attached hydrogens (tertiary/aromatic N) is 3. The quantitative estimate of drug-likeness (QED) is 0.825. The standard InChI is InChI=1S/C15H17N3O3/c1-3-18-13(16-10-17-18)9-21-15-11(2)5-4-6-12(15)7-8-14(19)20/h4-8,10H,3,9H2,1-2H3,(H,19,20)/b8-7+. The fourth-order valence-electron chi connectivity index (χ4n) is 1.97. The van der Waals surface area contributed by atoms with E-state index < -0.39 is 5.97 Å². The number of aromatic nitrogens is 3. The summed E-state index contributed by atoms with van der Waals surface area (Å²) in [6, 6.07) is 5.59. The second kappa shape index (κ2) is 6.69. The van der Waals surface area contributed by atoms with Gasteiger partial charge in [-0.2, -0.15) is 5.10 Å². The minimum atomic E-state index is -0.992. The van der Waals surface area contributed by atoms with Gasteiger partial charge in [0, 0.05) is 18.2 Å². The minimum absolute atomic E-state index is 0.284. The maximum atomic E-state index is 10.6. The maximum absolute atomic E-state index is 10.6. The van der Waals surface area contributed by atoms with Gasteiger partial charge in [-0.25, -0.2) is 14.5 Å². The lowest BCUT2D eigenvalue weighted by Gasteiger charge is -2.12. The molecule has 0 radical (unpaired) electrons. The fraction of sp³-hybridized carbons (Fsp3) is 0.267. The van der Waals surface area contributed by atoms with Crippen LogP contribution < -0.4 is 4.74 Å². The molecule has 1 aromatic carbocycles. The van der Waals surface area contributed by atoms with Crippen molar-refractivity contribution in [2.45, 2.75) is 27.0 Å². The number of hydrogen-bond donors (Lipinski definition) is 1. The van der Waals surface area contributed by atoms with Gasteiger partial charge in [-0.15, -0.1) is 0 Å². The highest BCUT2D eigenvalue weighted by molar-refractivity contribution is 5.86. The molecule has 0 atom stereocenters. The van der Waals surface area contributed by atoms with Crippen molar-refractivity contribution in [3.8, 4) is 5.75 Å². The number of para-hydroxylation sites is 1. The van der Waals surface area contributed by atoms with Crippen LogP contribution in [0.4, 0.5) is 0 Å². The van der Waals surface area contributed by atoms with Gasteiger partial charge in [-0.05, 0) is 25.5 Å². The first kappa shape index (κ1) is 14.8. The van der Waals surface area contributed by atoms with Crippen LogP contribution in [0.2, 0.25) is 0 Å². The third-order valence-corrected chi connectivity index (χ3v) is 2.99. The lowest BCUT2D eigenvalue weighted by molar-refractivity contribution is -0.131. The van der Waals surface area contributed by atoms with Crippen LogP contribution in [0.15, 0.2) is 30.6 Å². The number of carboxylic acid groups (broad SMARTS) is 1. The molecule has 2 aromatic rings. The van der Waals surface area contributed by atoms with E-state index in [1.165, 1.54) is 12.4 Å². The van der Waals surface area contributed by atoms with E-state index in [1.54, 1.807) is 4.68 Å². The molecule has 0 spiro atoms. The summed E-state index contributed by atoms with van der Waals surface area (Å²) >= 11 is 0. The Morgan fingerprint density at radius 1 is 1.48 bits per heavy atom. The molecule has 2 rings (SSSR count). The van der Waals surface area contributed by atoms with E-state index in [1.807, 2.05) is 32.0 Å². The van der Waals surface area contributed by atoms with E-state index in [0.29, 0.717) is 5.75 Å². The molecule has 21 heavy (non-hydrogen) atoms. The zero-order chi connectivity index (χ0) is 15.2. The maximum Gasteiger partial charge on any atom is 0.328 e. The van der Waals surface area contributed by atoms with E-state index in [0.717, 1.165) is 29.6 Å². The van der Waals surface area contributed by atoms with Gasteiger partial charge in [-0.3, -0.25) is 0 Å². The Morgan fingerprint density at radius 3 is 3.00 bits per heavy atom. The van der Waals surface area contributed by atoms with Crippen molar-refractivity contribution in [3.63, 3.8) is 0 Å². The number of carbonyl (C=O) groups is 1. The molecule has 110 valence electrons. The van der Waals surface area contributed by atoms with Crippen LogP contribution in [-0.4, -0.2) is 25.8 Å². The molecule has 0 bridgehead atoms. The minimum Gasteiger partial charge on any atom is -0.485 e. The smallest absolute Gasteiger partial charge is 0.328 e. The van der Waals surface area contributed by atoms with Crippen LogP contribution >= 0.6 is 0 Å². The second-order valence-corrected chi connectivity index (χ2v) is 4.45. The van der Waals surface area contributed by atoms with Crippen molar-refractivity contribution >= 4 is 12.0 Å². The largest absolute Gasteiger partial charge is 0.485 e. The Bertz CT molecular complexity index is 662. The van der Waals surface area contributed by atoms with Crippen molar-refractivity contribution in [2.75, 3.05) is 0 Å². The molecule has 6 nitrogen and oxygen atoms in total. The normalized spacial score (nSPS) is 11.0. The molecule has 6 heteroatoms. The summed E-state index contributed by atoms with van der Waals surface area (Å²) in [5.41, 5.74) is 1.66. The molecule has 0 unspecified atom stereocenters. The van der Waals surface area contributed by atoms with E-state index in [2.05, 4.69) is 10.1 Å². The number of aryl methyl sites for hydroxylation is 2. The predicted octanol–water partition coefficient (Wildman–Crippen LogP) is 2.28. The van der Waals surface area contributed by atoms with Crippen LogP contribution in [0, 0.1) is 6.92 Å². The second-order valence-electron chi connectivity index (χ2n) is 4.45. The monoisotopic (exact) mass is 287 g/mol. The number of rotatable bonds is 6. The summed E-state index contributed by atoms with van der Waals surface area (Å²) in [7, 11) is 0. The average Bonchev–Trinajstić information content (AvgIpc) is 2.91. The molecule has 0 amide bonds.